The maximum Gasteiger partial charge on any atom is 0.337 e. The fraction of sp³-hybridized carbons (Fsp3) is 0.450. The first kappa shape index (κ1) is 19.9. The molecule has 0 spiro atoms. The molecule has 0 bridgehead atoms. The largest absolute Gasteiger partial charge is 0.393 e. The van der Waals surface area contributed by atoms with Crippen molar-refractivity contribution in [2.75, 3.05) is 13.1 Å². The molecular weight excluding hydrogens is 358 g/mol. The highest BCUT2D eigenvalue weighted by Crippen LogP contribution is 2.14. The Balaban J connectivity index is 1.80. The van der Waals surface area contributed by atoms with E-state index in [4.69, 9.17) is 0 Å². The number of nitrogens with one attached hydrogen (secondary N) is 2. The Kier molecular flexibility index (Phi) is 5.69. The van der Waals surface area contributed by atoms with Crippen molar-refractivity contribution < 1.29 is 9.90 Å². The van der Waals surface area contributed by atoms with Crippen molar-refractivity contribution in [1.29, 1.82) is 0 Å². The van der Waals surface area contributed by atoms with Gasteiger partial charge in [0.25, 0.3) is 5.56 Å². The van der Waals surface area contributed by atoms with Crippen LogP contribution in [0.2, 0.25) is 0 Å². The number of urea groups is 1. The Bertz CT molecular complexity index is 965. The zero-order valence-electron chi connectivity index (χ0n) is 16.7. The van der Waals surface area contributed by atoms with E-state index in [0.29, 0.717) is 42.9 Å². The van der Waals surface area contributed by atoms with Crippen molar-refractivity contribution in [3.8, 4) is 5.69 Å². The van der Waals surface area contributed by atoms with Crippen LogP contribution in [0, 0.1) is 20.8 Å². The van der Waals surface area contributed by atoms with E-state index in [1.165, 1.54) is 4.68 Å². The number of aromatic amines is 1. The summed E-state index contributed by atoms with van der Waals surface area (Å²) >= 11 is 0. The SMILES string of the molecule is C/C(=N\NC(=O)N1CCC(O)CC1)c1c(C)[nH]n(-c2ccc(C)c(C)c2)c1=O. The molecule has 0 saturated carbocycles. The lowest BCUT2D eigenvalue weighted by atomic mass is 10.1. The molecule has 1 aliphatic heterocycles. The van der Waals surface area contributed by atoms with Gasteiger partial charge in [0.05, 0.1) is 23.1 Å². The monoisotopic (exact) mass is 385 g/mol. The topological polar surface area (TPSA) is 103 Å². The van der Waals surface area contributed by atoms with Crippen molar-refractivity contribution in [2.24, 2.45) is 5.10 Å². The molecular formula is C20H27N5O3. The van der Waals surface area contributed by atoms with Gasteiger partial charge in [-0.3, -0.25) is 9.89 Å². The number of nitrogens with zero attached hydrogens (tertiary/aromatic N) is 3. The Labute approximate surface area is 163 Å². The third-order valence-electron chi connectivity index (χ3n) is 5.25. The molecule has 0 radical (unpaired) electrons. The number of carbonyl (C=O) groups is 1. The number of piperidine rings is 1. The number of H-pyrrole nitrogens is 1. The average molecular weight is 385 g/mol. The van der Waals surface area contributed by atoms with E-state index in [9.17, 15) is 14.7 Å². The summed E-state index contributed by atoms with van der Waals surface area (Å²) in [6.45, 7) is 8.51. The first-order valence-corrected chi connectivity index (χ1v) is 9.45. The lowest BCUT2D eigenvalue weighted by molar-refractivity contribution is 0.0938. The summed E-state index contributed by atoms with van der Waals surface area (Å²) < 4.78 is 1.49. The second-order valence-corrected chi connectivity index (χ2v) is 7.35. The summed E-state index contributed by atoms with van der Waals surface area (Å²) in [7, 11) is 0. The van der Waals surface area contributed by atoms with Gasteiger partial charge in [0.1, 0.15) is 0 Å². The molecule has 8 heteroatoms. The molecule has 0 unspecified atom stereocenters. The van der Waals surface area contributed by atoms with Gasteiger partial charge in [0.15, 0.2) is 0 Å². The summed E-state index contributed by atoms with van der Waals surface area (Å²) in [5.41, 5.74) is 6.87. The number of aliphatic hydroxyl groups excluding tert-OH is 1. The molecule has 1 fully saturated rings. The van der Waals surface area contributed by atoms with Crippen LogP contribution in [-0.2, 0) is 0 Å². The lowest BCUT2D eigenvalue weighted by Gasteiger charge is -2.28. The van der Waals surface area contributed by atoms with Gasteiger partial charge in [-0.1, -0.05) is 6.07 Å². The molecule has 28 heavy (non-hydrogen) atoms. The maximum atomic E-state index is 12.9. The van der Waals surface area contributed by atoms with Crippen LogP contribution in [0.15, 0.2) is 28.1 Å². The zero-order valence-corrected chi connectivity index (χ0v) is 16.7. The number of benzene rings is 1. The summed E-state index contributed by atoms with van der Waals surface area (Å²) in [5, 5.41) is 16.8. The highest BCUT2D eigenvalue weighted by molar-refractivity contribution is 5.99. The molecule has 1 aromatic heterocycles. The van der Waals surface area contributed by atoms with Crippen molar-refractivity contribution >= 4 is 11.7 Å². The molecule has 3 N–H and O–H groups in total. The van der Waals surface area contributed by atoms with Gasteiger partial charge in [-0.25, -0.2) is 14.9 Å². The van der Waals surface area contributed by atoms with Crippen LogP contribution in [0.4, 0.5) is 4.79 Å². The Morgan fingerprint density at radius 2 is 1.89 bits per heavy atom. The number of aromatic nitrogens is 2. The minimum Gasteiger partial charge on any atom is -0.393 e. The normalized spacial score (nSPS) is 15.8. The summed E-state index contributed by atoms with van der Waals surface area (Å²) in [5.74, 6) is 0. The number of aliphatic hydroxyl groups is 1. The van der Waals surface area contributed by atoms with Crippen LogP contribution in [0.1, 0.15) is 42.1 Å². The second-order valence-electron chi connectivity index (χ2n) is 7.35. The molecule has 1 aromatic carbocycles. The highest BCUT2D eigenvalue weighted by Gasteiger charge is 2.21. The van der Waals surface area contributed by atoms with Gasteiger partial charge >= 0.3 is 6.03 Å². The fourth-order valence-electron chi connectivity index (χ4n) is 3.35. The average Bonchev–Trinajstić information content (AvgIpc) is 2.96. The summed E-state index contributed by atoms with van der Waals surface area (Å²) in [6, 6.07) is 5.50. The van der Waals surface area contributed by atoms with E-state index < -0.39 is 0 Å². The van der Waals surface area contributed by atoms with E-state index in [1.807, 2.05) is 32.0 Å². The van der Waals surface area contributed by atoms with Gasteiger partial charge in [-0.2, -0.15) is 5.10 Å². The van der Waals surface area contributed by atoms with E-state index in [0.717, 1.165) is 16.8 Å². The van der Waals surface area contributed by atoms with Gasteiger partial charge in [-0.15, -0.1) is 0 Å². The number of hydrazone groups is 1. The summed E-state index contributed by atoms with van der Waals surface area (Å²) in [4.78, 5) is 26.8. The molecule has 8 nitrogen and oxygen atoms in total. The maximum absolute atomic E-state index is 12.9. The predicted molar refractivity (Wildman–Crippen MR) is 108 cm³/mol. The zero-order chi connectivity index (χ0) is 20.4. The first-order valence-electron chi connectivity index (χ1n) is 9.45. The van der Waals surface area contributed by atoms with Crippen LogP contribution in [0.5, 0.6) is 0 Å². The van der Waals surface area contributed by atoms with Crippen LogP contribution in [0.3, 0.4) is 0 Å². The minimum atomic E-state index is -0.347. The number of carbonyl (C=O) groups excluding carboxylic acids is 1. The van der Waals surface area contributed by atoms with Crippen LogP contribution < -0.4 is 11.0 Å². The number of hydrogen-bond acceptors (Lipinski definition) is 4. The number of amides is 2. The number of rotatable bonds is 3. The van der Waals surface area contributed by atoms with Gasteiger partial charge in [0.2, 0.25) is 0 Å². The Morgan fingerprint density at radius 3 is 2.54 bits per heavy atom. The molecule has 0 atom stereocenters. The van der Waals surface area contributed by atoms with Crippen LogP contribution in [-0.4, -0.2) is 50.7 Å². The van der Waals surface area contributed by atoms with E-state index in [1.54, 1.807) is 18.7 Å². The minimum absolute atomic E-state index is 0.211. The van der Waals surface area contributed by atoms with Crippen molar-refractivity contribution in [3.63, 3.8) is 0 Å². The Hall–Kier alpha value is -2.87. The van der Waals surface area contributed by atoms with E-state index >= 15 is 0 Å². The molecule has 2 amide bonds. The fourth-order valence-corrected chi connectivity index (χ4v) is 3.35. The predicted octanol–water partition coefficient (Wildman–Crippen LogP) is 1.98. The highest BCUT2D eigenvalue weighted by atomic mass is 16.3. The standard InChI is InChI=1S/C20H27N5O3/c1-12-5-6-16(11-13(12)2)25-19(27)18(15(4)23-25)14(3)21-22-20(28)24-9-7-17(26)8-10-24/h5-6,11,17,23,26H,7-10H2,1-4H3,(H,22,28)/b21-14+. The smallest absolute Gasteiger partial charge is 0.337 e. The molecule has 2 heterocycles. The van der Waals surface area contributed by atoms with Gasteiger partial charge in [-0.05, 0) is 63.8 Å². The van der Waals surface area contributed by atoms with Gasteiger partial charge < -0.3 is 10.0 Å². The molecule has 1 saturated heterocycles. The molecule has 3 rings (SSSR count). The molecule has 0 aliphatic carbocycles. The first-order chi connectivity index (χ1) is 13.3. The number of aryl methyl sites for hydroxylation is 3. The molecule has 1 aliphatic rings. The van der Waals surface area contributed by atoms with Crippen molar-refractivity contribution in [3.05, 3.63) is 50.9 Å². The van der Waals surface area contributed by atoms with Crippen LogP contribution in [0.25, 0.3) is 5.69 Å². The Morgan fingerprint density at radius 1 is 1.21 bits per heavy atom. The second kappa shape index (κ2) is 8.02. The van der Waals surface area contributed by atoms with E-state index in [2.05, 4.69) is 15.6 Å². The molecule has 150 valence electrons. The molecule has 2 aromatic rings. The van der Waals surface area contributed by atoms with E-state index in [-0.39, 0.29) is 17.7 Å². The lowest BCUT2D eigenvalue weighted by Crippen LogP contribution is -2.44. The van der Waals surface area contributed by atoms with Crippen LogP contribution >= 0.6 is 0 Å². The number of hydrogen-bond donors (Lipinski definition) is 3. The summed E-state index contributed by atoms with van der Waals surface area (Å²) in [6.07, 6.45) is 0.780. The number of likely N-dealkylation sites (tertiary alicyclic amines) is 1. The third kappa shape index (κ3) is 4.01. The van der Waals surface area contributed by atoms with Crippen molar-refractivity contribution in [1.82, 2.24) is 20.1 Å². The quantitative estimate of drug-likeness (QED) is 0.556. The van der Waals surface area contributed by atoms with Crippen molar-refractivity contribution in [2.45, 2.75) is 46.6 Å². The third-order valence-corrected chi connectivity index (χ3v) is 5.25. The van der Waals surface area contributed by atoms with Gasteiger partial charge in [0, 0.05) is 18.8 Å².